The highest BCUT2D eigenvalue weighted by atomic mass is 16.5. The summed E-state index contributed by atoms with van der Waals surface area (Å²) < 4.78 is 5.77. The highest BCUT2D eigenvalue weighted by Crippen LogP contribution is 2.18. The van der Waals surface area contributed by atoms with E-state index in [1.807, 2.05) is 68.4 Å². The van der Waals surface area contributed by atoms with Crippen LogP contribution in [0.4, 0.5) is 0 Å². The molecule has 4 nitrogen and oxygen atoms in total. The summed E-state index contributed by atoms with van der Waals surface area (Å²) in [5.74, 6) is 1.35. The van der Waals surface area contributed by atoms with Crippen molar-refractivity contribution >= 4 is 5.91 Å². The van der Waals surface area contributed by atoms with Crippen LogP contribution in [-0.2, 0) is 11.2 Å². The van der Waals surface area contributed by atoms with Gasteiger partial charge < -0.3 is 15.8 Å². The fraction of sp³-hybridized carbons (Fsp3) is 0.435. The van der Waals surface area contributed by atoms with Crippen molar-refractivity contribution in [3.05, 3.63) is 65.7 Å². The molecule has 0 saturated heterocycles. The van der Waals surface area contributed by atoms with Gasteiger partial charge in [-0.3, -0.25) is 4.79 Å². The van der Waals surface area contributed by atoms with Crippen LogP contribution in [0.3, 0.4) is 0 Å². The van der Waals surface area contributed by atoms with E-state index in [2.05, 4.69) is 19.2 Å². The number of rotatable bonds is 9. The molecule has 2 aromatic rings. The maximum atomic E-state index is 12.2. The molecule has 2 atom stereocenters. The van der Waals surface area contributed by atoms with E-state index in [1.54, 1.807) is 0 Å². The lowest BCUT2D eigenvalue weighted by atomic mass is 10.1. The average Bonchev–Trinajstić information content (AvgIpc) is 2.73. The molecule has 4 heteroatoms. The quantitative estimate of drug-likeness (QED) is 0.683. The zero-order valence-electron chi connectivity index (χ0n) is 17.1. The van der Waals surface area contributed by atoms with E-state index in [1.165, 1.54) is 0 Å². The van der Waals surface area contributed by atoms with Gasteiger partial charge in [-0.2, -0.15) is 0 Å². The van der Waals surface area contributed by atoms with Crippen molar-refractivity contribution in [2.75, 3.05) is 13.2 Å². The molecule has 0 bridgehead atoms. The van der Waals surface area contributed by atoms with Crippen LogP contribution in [0.2, 0.25) is 0 Å². The van der Waals surface area contributed by atoms with Gasteiger partial charge in [-0.05, 0) is 29.2 Å². The van der Waals surface area contributed by atoms with E-state index in [9.17, 15) is 4.79 Å². The van der Waals surface area contributed by atoms with Gasteiger partial charge in [0.15, 0.2) is 0 Å². The molecule has 148 valence electrons. The van der Waals surface area contributed by atoms with E-state index in [0.29, 0.717) is 25.5 Å². The van der Waals surface area contributed by atoms with Crippen LogP contribution in [0.1, 0.15) is 51.3 Å². The van der Waals surface area contributed by atoms with E-state index >= 15 is 0 Å². The molecule has 27 heavy (non-hydrogen) atoms. The molecular weight excluding hydrogens is 336 g/mol. The monoisotopic (exact) mass is 370 g/mol. The molecule has 0 fully saturated rings. The van der Waals surface area contributed by atoms with Crippen molar-refractivity contribution in [3.63, 3.8) is 0 Å². The summed E-state index contributed by atoms with van der Waals surface area (Å²) in [4.78, 5) is 12.2. The molecule has 0 aliphatic carbocycles. The van der Waals surface area contributed by atoms with Gasteiger partial charge in [-0.1, -0.05) is 76.6 Å². The minimum absolute atomic E-state index is 0.0289. The summed E-state index contributed by atoms with van der Waals surface area (Å²) in [7, 11) is 0. The predicted octanol–water partition coefficient (Wildman–Crippen LogP) is 4.50. The van der Waals surface area contributed by atoms with E-state index in [0.717, 1.165) is 23.3 Å². The first-order chi connectivity index (χ1) is 13.1. The third kappa shape index (κ3) is 8.27. The van der Waals surface area contributed by atoms with Gasteiger partial charge in [0.1, 0.15) is 5.75 Å². The maximum Gasteiger partial charge on any atom is 0.224 e. The Morgan fingerprint density at radius 2 is 1.70 bits per heavy atom. The van der Waals surface area contributed by atoms with Gasteiger partial charge in [0.2, 0.25) is 5.91 Å². The molecule has 0 unspecified atom stereocenters. The number of nitrogens with one attached hydrogen (secondary N) is 1. The van der Waals surface area contributed by atoms with Crippen molar-refractivity contribution in [2.24, 2.45) is 11.7 Å². The second kappa shape index (κ2) is 12.9. The molecule has 0 saturated carbocycles. The maximum absolute atomic E-state index is 12.2. The summed E-state index contributed by atoms with van der Waals surface area (Å²) in [5.41, 5.74) is 7.83. The van der Waals surface area contributed by atoms with Crippen LogP contribution in [0.5, 0.6) is 5.75 Å². The largest absolute Gasteiger partial charge is 0.493 e. The number of benzene rings is 2. The Labute approximate surface area is 164 Å². The molecule has 0 spiro atoms. The first-order valence-corrected chi connectivity index (χ1v) is 9.88. The lowest BCUT2D eigenvalue weighted by Gasteiger charge is -2.18. The third-order valence-corrected chi connectivity index (χ3v) is 4.29. The first kappa shape index (κ1) is 22.7. The minimum atomic E-state index is -0.195. The molecular formula is C23H34N2O2. The van der Waals surface area contributed by atoms with Crippen LogP contribution in [0, 0.1) is 5.92 Å². The summed E-state index contributed by atoms with van der Waals surface area (Å²) >= 11 is 0. The van der Waals surface area contributed by atoms with E-state index in [4.69, 9.17) is 10.5 Å². The van der Waals surface area contributed by atoms with Crippen molar-refractivity contribution in [1.82, 2.24) is 5.32 Å². The van der Waals surface area contributed by atoms with Crippen molar-refractivity contribution in [1.29, 1.82) is 0 Å². The van der Waals surface area contributed by atoms with Crippen molar-refractivity contribution < 1.29 is 9.53 Å². The molecule has 0 aliphatic heterocycles. The zero-order chi connectivity index (χ0) is 20.1. The lowest BCUT2D eigenvalue weighted by Crippen LogP contribution is -2.34. The Morgan fingerprint density at radius 1 is 1.07 bits per heavy atom. The Hall–Kier alpha value is -2.33. The number of hydrogen-bond acceptors (Lipinski definition) is 3. The highest BCUT2D eigenvalue weighted by molar-refractivity contribution is 5.79. The number of amides is 1. The van der Waals surface area contributed by atoms with Crippen LogP contribution in [0.25, 0.3) is 0 Å². The van der Waals surface area contributed by atoms with Crippen molar-refractivity contribution in [2.45, 2.75) is 46.6 Å². The second-order valence-electron chi connectivity index (χ2n) is 6.41. The summed E-state index contributed by atoms with van der Waals surface area (Å²) in [5, 5.41) is 3.01. The number of hydrogen-bond donors (Lipinski definition) is 2. The molecule has 2 aromatic carbocycles. The summed E-state index contributed by atoms with van der Waals surface area (Å²) in [6.07, 6.45) is 1.45. The average molecular weight is 371 g/mol. The zero-order valence-corrected chi connectivity index (χ0v) is 17.1. The fourth-order valence-corrected chi connectivity index (χ4v) is 2.46. The molecule has 0 radical (unpaired) electrons. The van der Waals surface area contributed by atoms with Crippen molar-refractivity contribution in [3.8, 4) is 5.75 Å². The number of nitrogens with two attached hydrogens (primary N) is 1. The Kier molecular flexibility index (Phi) is 10.9. The Morgan fingerprint density at radius 3 is 2.26 bits per heavy atom. The first-order valence-electron chi connectivity index (χ1n) is 9.88. The number of carbonyl (C=O) groups is 1. The predicted molar refractivity (Wildman–Crippen MR) is 113 cm³/mol. The van der Waals surface area contributed by atoms with Gasteiger partial charge >= 0.3 is 0 Å². The molecule has 0 heterocycles. The topological polar surface area (TPSA) is 64.3 Å². The van der Waals surface area contributed by atoms with Crippen LogP contribution >= 0.6 is 0 Å². The normalized spacial score (nSPS) is 12.3. The smallest absolute Gasteiger partial charge is 0.224 e. The molecule has 2 rings (SSSR count). The molecule has 3 N–H and O–H groups in total. The fourth-order valence-electron chi connectivity index (χ4n) is 2.46. The van der Waals surface area contributed by atoms with Crippen LogP contribution in [-0.4, -0.2) is 19.1 Å². The Balaban J connectivity index is 0.00000176. The van der Waals surface area contributed by atoms with Crippen LogP contribution in [0.15, 0.2) is 54.6 Å². The SMILES string of the molecule is CC.CC[C@H](C)COc1ccc([C@H](CN)NC(=O)Cc2ccccc2)cc1. The molecule has 0 aromatic heterocycles. The number of carbonyl (C=O) groups excluding carboxylic acids is 1. The standard InChI is InChI=1S/C21H28N2O2.C2H6/c1-3-16(2)15-25-19-11-9-18(10-12-19)20(14-22)23-21(24)13-17-7-5-4-6-8-17;1-2/h4-12,16,20H,3,13-15,22H2,1-2H3,(H,23,24);1-2H3/t16-,20-;/m0./s1. The summed E-state index contributed by atoms with van der Waals surface area (Å²) in [6, 6.07) is 17.3. The van der Waals surface area contributed by atoms with E-state index < -0.39 is 0 Å². The van der Waals surface area contributed by atoms with Gasteiger partial charge in [0.05, 0.1) is 19.1 Å². The Bertz CT molecular complexity index is 641. The lowest BCUT2D eigenvalue weighted by molar-refractivity contribution is -0.121. The van der Waals surface area contributed by atoms with E-state index in [-0.39, 0.29) is 11.9 Å². The van der Waals surface area contributed by atoms with Gasteiger partial charge in [-0.15, -0.1) is 0 Å². The third-order valence-electron chi connectivity index (χ3n) is 4.29. The molecule has 0 aliphatic rings. The number of ether oxygens (including phenoxy) is 1. The van der Waals surface area contributed by atoms with Gasteiger partial charge in [-0.25, -0.2) is 0 Å². The molecule has 1 amide bonds. The highest BCUT2D eigenvalue weighted by Gasteiger charge is 2.13. The van der Waals surface area contributed by atoms with Gasteiger partial charge in [0, 0.05) is 6.54 Å². The minimum Gasteiger partial charge on any atom is -0.493 e. The summed E-state index contributed by atoms with van der Waals surface area (Å²) in [6.45, 7) is 9.39. The van der Waals surface area contributed by atoms with Crippen LogP contribution < -0.4 is 15.8 Å². The van der Waals surface area contributed by atoms with Gasteiger partial charge in [0.25, 0.3) is 0 Å². The second-order valence-corrected chi connectivity index (χ2v) is 6.41.